The zero-order valence-electron chi connectivity index (χ0n) is 23.2. The Labute approximate surface area is 258 Å². The Morgan fingerprint density at radius 3 is 2.36 bits per heavy atom. The van der Waals surface area contributed by atoms with Crippen LogP contribution in [0.15, 0.2) is 103 Å². The van der Waals surface area contributed by atoms with Crippen LogP contribution in [0, 0.1) is 26.0 Å². The van der Waals surface area contributed by atoms with Gasteiger partial charge in [-0.15, -0.1) is 35.7 Å². The molecule has 0 unspecified atom stereocenters. The molecule has 0 aliphatic heterocycles. The SMILES string of the molecule is COc1c(-c2ccccc2)c(C)nn1-c1[c-]c(Oc2[c-]c3c(cc2)c2ccccc2n3-c2cc(C)ccn2)ccc1.[Pt+2]. The van der Waals surface area contributed by atoms with Gasteiger partial charge in [-0.05, 0) is 54.2 Å². The number of benzene rings is 4. The monoisotopic (exact) mass is 729 g/mol. The number of aromatic nitrogens is 4. The number of nitrogens with zero attached hydrogens (tertiary/aromatic N) is 4. The van der Waals surface area contributed by atoms with Gasteiger partial charge in [-0.1, -0.05) is 54.0 Å². The Morgan fingerprint density at radius 1 is 0.762 bits per heavy atom. The average Bonchev–Trinajstić information content (AvgIpc) is 3.51. The quantitative estimate of drug-likeness (QED) is 0.163. The van der Waals surface area contributed by atoms with Crippen molar-refractivity contribution < 1.29 is 30.5 Å². The molecule has 7 aromatic rings. The van der Waals surface area contributed by atoms with Crippen LogP contribution in [0.2, 0.25) is 0 Å². The fourth-order valence-electron chi connectivity index (χ4n) is 5.35. The Bertz CT molecular complexity index is 2050. The average molecular weight is 730 g/mol. The number of ether oxygens (including phenoxy) is 2. The van der Waals surface area contributed by atoms with Gasteiger partial charge in [-0.3, -0.25) is 0 Å². The van der Waals surface area contributed by atoms with E-state index in [4.69, 9.17) is 14.6 Å². The number of aryl methyl sites for hydroxylation is 2. The van der Waals surface area contributed by atoms with Crippen LogP contribution in [0.25, 0.3) is 44.4 Å². The van der Waals surface area contributed by atoms with E-state index in [1.54, 1.807) is 11.8 Å². The van der Waals surface area contributed by atoms with Gasteiger partial charge >= 0.3 is 21.1 Å². The second-order valence-electron chi connectivity index (χ2n) is 9.88. The van der Waals surface area contributed by atoms with Crippen molar-refractivity contribution in [3.05, 3.63) is 127 Å². The van der Waals surface area contributed by atoms with Gasteiger partial charge < -0.3 is 14.0 Å². The predicted molar refractivity (Wildman–Crippen MR) is 161 cm³/mol. The molecule has 208 valence electrons. The van der Waals surface area contributed by atoms with E-state index in [-0.39, 0.29) is 21.1 Å². The van der Waals surface area contributed by atoms with Gasteiger partial charge in [0.15, 0.2) is 0 Å². The number of pyridine rings is 1. The molecule has 0 atom stereocenters. The Kier molecular flexibility index (Phi) is 7.40. The molecule has 0 spiro atoms. The van der Waals surface area contributed by atoms with Crippen molar-refractivity contribution in [3.63, 3.8) is 0 Å². The Balaban J connectivity index is 0.00000316. The minimum Gasteiger partial charge on any atom is -0.509 e. The van der Waals surface area contributed by atoms with Gasteiger partial charge in [0.1, 0.15) is 5.82 Å². The van der Waals surface area contributed by atoms with Gasteiger partial charge in [0, 0.05) is 23.2 Å². The summed E-state index contributed by atoms with van der Waals surface area (Å²) in [7, 11) is 1.66. The topological polar surface area (TPSA) is 54.1 Å². The molecule has 0 radical (unpaired) electrons. The molecule has 0 amide bonds. The van der Waals surface area contributed by atoms with Crippen LogP contribution in [-0.4, -0.2) is 26.4 Å². The van der Waals surface area contributed by atoms with Crippen LogP contribution >= 0.6 is 0 Å². The summed E-state index contributed by atoms with van der Waals surface area (Å²) in [5.74, 6) is 2.61. The zero-order chi connectivity index (χ0) is 27.9. The van der Waals surface area contributed by atoms with Crippen LogP contribution in [-0.2, 0) is 21.1 Å². The van der Waals surface area contributed by atoms with Gasteiger partial charge in [0.2, 0.25) is 5.88 Å². The molecular formula is C35H26N4O2Pt. The summed E-state index contributed by atoms with van der Waals surface area (Å²) >= 11 is 0. The third-order valence-electron chi connectivity index (χ3n) is 7.16. The summed E-state index contributed by atoms with van der Waals surface area (Å²) in [5.41, 5.74) is 6.67. The van der Waals surface area contributed by atoms with E-state index in [2.05, 4.69) is 71.1 Å². The van der Waals surface area contributed by atoms with Crippen LogP contribution in [0.1, 0.15) is 11.3 Å². The largest absolute Gasteiger partial charge is 2.00 e. The van der Waals surface area contributed by atoms with E-state index in [1.807, 2.05) is 67.7 Å². The van der Waals surface area contributed by atoms with E-state index < -0.39 is 0 Å². The molecule has 7 rings (SSSR count). The summed E-state index contributed by atoms with van der Waals surface area (Å²) in [6.07, 6.45) is 1.83. The number of hydrogen-bond donors (Lipinski definition) is 0. The Morgan fingerprint density at radius 2 is 1.55 bits per heavy atom. The van der Waals surface area contributed by atoms with E-state index in [0.717, 1.165) is 50.0 Å². The second-order valence-corrected chi connectivity index (χ2v) is 9.88. The fourth-order valence-corrected chi connectivity index (χ4v) is 5.35. The first-order chi connectivity index (χ1) is 20.1. The van der Waals surface area contributed by atoms with Gasteiger partial charge in [0.25, 0.3) is 0 Å². The summed E-state index contributed by atoms with van der Waals surface area (Å²) in [6.45, 7) is 4.05. The fraction of sp³-hybridized carbons (Fsp3) is 0.0857. The van der Waals surface area contributed by atoms with Gasteiger partial charge in [-0.25, -0.2) is 9.67 Å². The summed E-state index contributed by atoms with van der Waals surface area (Å²) in [4.78, 5) is 4.66. The molecule has 0 aliphatic carbocycles. The maximum atomic E-state index is 6.33. The molecule has 6 nitrogen and oxygen atoms in total. The van der Waals surface area contributed by atoms with Crippen molar-refractivity contribution >= 4 is 21.8 Å². The molecule has 4 aromatic carbocycles. The first-order valence-electron chi connectivity index (χ1n) is 13.4. The maximum absolute atomic E-state index is 6.33. The van der Waals surface area contributed by atoms with E-state index in [9.17, 15) is 0 Å². The van der Waals surface area contributed by atoms with Crippen molar-refractivity contribution in [1.82, 2.24) is 19.3 Å². The number of rotatable bonds is 6. The van der Waals surface area contributed by atoms with E-state index >= 15 is 0 Å². The molecule has 0 fully saturated rings. The number of hydrogen-bond acceptors (Lipinski definition) is 4. The summed E-state index contributed by atoms with van der Waals surface area (Å²) in [5, 5.41) is 7.00. The summed E-state index contributed by atoms with van der Waals surface area (Å²) < 4.78 is 16.1. The van der Waals surface area contributed by atoms with E-state index in [0.29, 0.717) is 23.1 Å². The Hall–Kier alpha value is -4.67. The first kappa shape index (κ1) is 27.5. The molecular weight excluding hydrogens is 703 g/mol. The second kappa shape index (κ2) is 11.3. The number of fused-ring (bicyclic) bond motifs is 3. The number of para-hydroxylation sites is 1. The standard InChI is InChI=1S/C35H26N4O2.Pt/c1-23-18-19-36-33(20-23)38-31-15-8-7-14-29(31)30-17-16-28(22-32(30)38)41-27-13-9-12-26(21-27)39-35(40-3)34(24(2)37-39)25-10-5-4-6-11-25;/h4-20H,1-3H3;/q-2;+2. The first-order valence-corrected chi connectivity index (χ1v) is 13.4. The van der Waals surface area contributed by atoms with Crippen molar-refractivity contribution in [2.24, 2.45) is 0 Å². The molecule has 0 aliphatic rings. The minimum absolute atomic E-state index is 0. The molecule has 7 heteroatoms. The zero-order valence-corrected chi connectivity index (χ0v) is 25.5. The third-order valence-corrected chi connectivity index (χ3v) is 7.16. The normalized spacial score (nSPS) is 11.0. The molecule has 0 N–H and O–H groups in total. The molecule has 3 heterocycles. The van der Waals surface area contributed by atoms with Crippen molar-refractivity contribution in [3.8, 4) is 40.0 Å². The van der Waals surface area contributed by atoms with Crippen LogP contribution in [0.3, 0.4) is 0 Å². The molecule has 42 heavy (non-hydrogen) atoms. The van der Waals surface area contributed by atoms with Crippen LogP contribution in [0.5, 0.6) is 17.4 Å². The van der Waals surface area contributed by atoms with Crippen LogP contribution < -0.4 is 9.47 Å². The smallest absolute Gasteiger partial charge is 0.509 e. The van der Waals surface area contributed by atoms with Crippen molar-refractivity contribution in [1.29, 1.82) is 0 Å². The molecule has 0 saturated heterocycles. The third kappa shape index (κ3) is 4.78. The molecule has 0 bridgehead atoms. The van der Waals surface area contributed by atoms with E-state index in [1.165, 1.54) is 0 Å². The predicted octanol–water partition coefficient (Wildman–Crippen LogP) is 8.05. The van der Waals surface area contributed by atoms with Crippen molar-refractivity contribution in [2.45, 2.75) is 13.8 Å². The summed E-state index contributed by atoms with van der Waals surface area (Å²) in [6, 6.07) is 39.1. The minimum atomic E-state index is 0. The molecule has 0 saturated carbocycles. The number of methoxy groups -OCH3 is 1. The van der Waals surface area contributed by atoms with Crippen molar-refractivity contribution in [2.75, 3.05) is 7.11 Å². The van der Waals surface area contributed by atoms with Crippen LogP contribution in [0.4, 0.5) is 0 Å². The van der Waals surface area contributed by atoms with Gasteiger partial charge in [-0.2, -0.15) is 17.2 Å². The molecule has 3 aromatic heterocycles. The maximum Gasteiger partial charge on any atom is 2.00 e. The van der Waals surface area contributed by atoms with Gasteiger partial charge in [0.05, 0.1) is 18.4 Å².